The van der Waals surface area contributed by atoms with Gasteiger partial charge >= 0.3 is 0 Å². The van der Waals surface area contributed by atoms with Crippen LogP contribution in [0, 0.1) is 6.92 Å². The van der Waals surface area contributed by atoms with Crippen LogP contribution in [0.3, 0.4) is 0 Å². The first-order valence-corrected chi connectivity index (χ1v) is 6.91. The minimum absolute atomic E-state index is 0.109. The topological polar surface area (TPSA) is 75.4 Å². The fourth-order valence-electron chi connectivity index (χ4n) is 2.27. The van der Waals surface area contributed by atoms with Gasteiger partial charge in [-0.1, -0.05) is 30.3 Å². The van der Waals surface area contributed by atoms with Crippen molar-refractivity contribution in [1.29, 1.82) is 0 Å². The van der Waals surface area contributed by atoms with Gasteiger partial charge < -0.3 is 16.2 Å². The highest BCUT2D eigenvalue weighted by Crippen LogP contribution is 2.12. The monoisotopic (exact) mass is 284 g/mol. The van der Waals surface area contributed by atoms with Crippen LogP contribution in [0.15, 0.2) is 48.5 Å². The number of aryl methyl sites for hydroxylation is 1. The average Bonchev–Trinajstić information content (AvgIpc) is 2.46. The number of nitrogen functional groups attached to an aromatic ring is 1. The number of amides is 1. The van der Waals surface area contributed by atoms with Gasteiger partial charge in [-0.15, -0.1) is 0 Å². The Kier molecular flexibility index (Phi) is 4.95. The highest BCUT2D eigenvalue weighted by molar-refractivity contribution is 5.95. The minimum Gasteiger partial charge on any atom is -0.399 e. The fraction of sp³-hybridized carbons (Fsp3) is 0.235. The van der Waals surface area contributed by atoms with Gasteiger partial charge in [-0.05, 0) is 42.7 Å². The molecular formula is C17H20N2O2. The fourth-order valence-corrected chi connectivity index (χ4v) is 2.27. The Bertz CT molecular complexity index is 591. The highest BCUT2D eigenvalue weighted by Gasteiger charge is 2.14. The minimum atomic E-state index is -0.318. The van der Waals surface area contributed by atoms with Crippen molar-refractivity contribution in [1.82, 2.24) is 5.32 Å². The lowest BCUT2D eigenvalue weighted by molar-refractivity contribution is 0.0916. The summed E-state index contributed by atoms with van der Waals surface area (Å²) in [6.07, 6.45) is 0.588. The van der Waals surface area contributed by atoms with E-state index in [1.54, 1.807) is 12.1 Å². The third kappa shape index (κ3) is 4.33. The standard InChI is InChI=1S/C17H20N2O2/c1-12-7-14(10-15(18)8-12)17(21)19-16(11-20)9-13-5-3-2-4-6-13/h2-8,10,16,20H,9,11,18H2,1H3,(H,19,21). The SMILES string of the molecule is Cc1cc(N)cc(C(=O)NC(CO)Cc2ccccc2)c1. The van der Waals surface area contributed by atoms with E-state index in [0.717, 1.165) is 11.1 Å². The number of benzene rings is 2. The average molecular weight is 284 g/mol. The van der Waals surface area contributed by atoms with E-state index in [2.05, 4.69) is 5.32 Å². The molecule has 0 fully saturated rings. The maximum Gasteiger partial charge on any atom is 0.251 e. The molecule has 21 heavy (non-hydrogen) atoms. The number of hydrogen-bond acceptors (Lipinski definition) is 3. The Hall–Kier alpha value is -2.33. The molecule has 2 rings (SSSR count). The van der Waals surface area contributed by atoms with Gasteiger partial charge in [0.2, 0.25) is 0 Å². The lowest BCUT2D eigenvalue weighted by atomic mass is 10.1. The molecule has 4 N–H and O–H groups in total. The molecule has 0 aliphatic heterocycles. The molecule has 0 heterocycles. The van der Waals surface area contributed by atoms with E-state index in [1.165, 1.54) is 0 Å². The summed E-state index contributed by atoms with van der Waals surface area (Å²) in [5.74, 6) is -0.222. The maximum atomic E-state index is 12.2. The Balaban J connectivity index is 2.05. The third-order valence-corrected chi connectivity index (χ3v) is 3.24. The smallest absolute Gasteiger partial charge is 0.251 e. The van der Waals surface area contributed by atoms with Gasteiger partial charge in [-0.25, -0.2) is 0 Å². The third-order valence-electron chi connectivity index (χ3n) is 3.24. The molecule has 4 nitrogen and oxygen atoms in total. The summed E-state index contributed by atoms with van der Waals surface area (Å²) in [6.45, 7) is 1.78. The molecular weight excluding hydrogens is 264 g/mol. The van der Waals surface area contributed by atoms with Crippen molar-refractivity contribution in [3.8, 4) is 0 Å². The largest absolute Gasteiger partial charge is 0.399 e. The number of hydrogen-bond donors (Lipinski definition) is 3. The van der Waals surface area contributed by atoms with Crippen LogP contribution in [0.4, 0.5) is 5.69 Å². The Morgan fingerprint density at radius 3 is 2.57 bits per heavy atom. The molecule has 0 aromatic heterocycles. The summed E-state index contributed by atoms with van der Waals surface area (Å²) in [6, 6.07) is 14.7. The van der Waals surface area contributed by atoms with Crippen molar-refractivity contribution in [2.24, 2.45) is 0 Å². The molecule has 110 valence electrons. The molecule has 2 aromatic carbocycles. The maximum absolute atomic E-state index is 12.2. The van der Waals surface area contributed by atoms with Gasteiger partial charge in [0.15, 0.2) is 0 Å². The van der Waals surface area contributed by atoms with E-state index in [0.29, 0.717) is 17.7 Å². The number of anilines is 1. The molecule has 0 radical (unpaired) electrons. The van der Waals surface area contributed by atoms with Crippen molar-refractivity contribution in [3.63, 3.8) is 0 Å². The number of carbonyl (C=O) groups excluding carboxylic acids is 1. The molecule has 0 aliphatic carbocycles. The number of carbonyl (C=O) groups is 1. The molecule has 0 saturated heterocycles. The van der Waals surface area contributed by atoms with Gasteiger partial charge in [0.05, 0.1) is 12.6 Å². The normalized spacial score (nSPS) is 11.9. The molecule has 4 heteroatoms. The highest BCUT2D eigenvalue weighted by atomic mass is 16.3. The summed E-state index contributed by atoms with van der Waals surface area (Å²) in [4.78, 5) is 12.2. The second-order valence-corrected chi connectivity index (χ2v) is 5.18. The molecule has 0 bridgehead atoms. The predicted octanol–water partition coefficient (Wildman–Crippen LogP) is 1.91. The summed E-state index contributed by atoms with van der Waals surface area (Å²) in [5, 5.41) is 12.3. The van der Waals surface area contributed by atoms with Crippen molar-refractivity contribution >= 4 is 11.6 Å². The summed E-state index contributed by atoms with van der Waals surface area (Å²) >= 11 is 0. The van der Waals surface area contributed by atoms with Crippen molar-refractivity contribution in [2.75, 3.05) is 12.3 Å². The molecule has 2 aromatic rings. The van der Waals surface area contributed by atoms with E-state index in [9.17, 15) is 9.90 Å². The second-order valence-electron chi connectivity index (χ2n) is 5.18. The van der Waals surface area contributed by atoms with Crippen LogP contribution in [0.25, 0.3) is 0 Å². The number of aliphatic hydroxyl groups is 1. The van der Waals surface area contributed by atoms with Gasteiger partial charge in [-0.3, -0.25) is 4.79 Å². The van der Waals surface area contributed by atoms with Crippen LogP contribution in [0.5, 0.6) is 0 Å². The second kappa shape index (κ2) is 6.90. The van der Waals surface area contributed by atoms with E-state index in [1.807, 2.05) is 43.3 Å². The summed E-state index contributed by atoms with van der Waals surface area (Å²) in [7, 11) is 0. The van der Waals surface area contributed by atoms with Crippen molar-refractivity contribution in [3.05, 3.63) is 65.2 Å². The Morgan fingerprint density at radius 1 is 1.24 bits per heavy atom. The first-order chi connectivity index (χ1) is 10.1. The Morgan fingerprint density at radius 2 is 1.95 bits per heavy atom. The van der Waals surface area contributed by atoms with Crippen molar-refractivity contribution < 1.29 is 9.90 Å². The first-order valence-electron chi connectivity index (χ1n) is 6.91. The number of nitrogens with one attached hydrogen (secondary N) is 1. The molecule has 0 spiro atoms. The van der Waals surface area contributed by atoms with Crippen LogP contribution in [-0.2, 0) is 6.42 Å². The molecule has 0 saturated carbocycles. The summed E-state index contributed by atoms with van der Waals surface area (Å²) < 4.78 is 0. The van der Waals surface area contributed by atoms with Crippen molar-refractivity contribution in [2.45, 2.75) is 19.4 Å². The van der Waals surface area contributed by atoms with Crippen LogP contribution in [-0.4, -0.2) is 23.7 Å². The van der Waals surface area contributed by atoms with E-state index in [4.69, 9.17) is 5.73 Å². The van der Waals surface area contributed by atoms with Gasteiger partial charge in [0.1, 0.15) is 0 Å². The predicted molar refractivity (Wildman–Crippen MR) is 84.1 cm³/mol. The quantitative estimate of drug-likeness (QED) is 0.734. The van der Waals surface area contributed by atoms with Gasteiger partial charge in [0, 0.05) is 11.3 Å². The van der Waals surface area contributed by atoms with Crippen LogP contribution in [0.2, 0.25) is 0 Å². The molecule has 1 amide bonds. The lowest BCUT2D eigenvalue weighted by Crippen LogP contribution is -2.39. The van der Waals surface area contributed by atoms with E-state index >= 15 is 0 Å². The van der Waals surface area contributed by atoms with E-state index < -0.39 is 0 Å². The number of nitrogens with two attached hydrogens (primary N) is 1. The zero-order valence-electron chi connectivity index (χ0n) is 12.0. The zero-order chi connectivity index (χ0) is 15.2. The lowest BCUT2D eigenvalue weighted by Gasteiger charge is -2.17. The molecule has 1 unspecified atom stereocenters. The molecule has 1 atom stereocenters. The zero-order valence-corrected chi connectivity index (χ0v) is 12.0. The van der Waals surface area contributed by atoms with Crippen LogP contribution >= 0.6 is 0 Å². The number of rotatable bonds is 5. The number of aliphatic hydroxyl groups excluding tert-OH is 1. The summed E-state index contributed by atoms with van der Waals surface area (Å²) in [5.41, 5.74) is 8.83. The van der Waals surface area contributed by atoms with Crippen LogP contribution in [0.1, 0.15) is 21.5 Å². The van der Waals surface area contributed by atoms with Gasteiger partial charge in [-0.2, -0.15) is 0 Å². The van der Waals surface area contributed by atoms with Crippen LogP contribution < -0.4 is 11.1 Å². The first kappa shape index (κ1) is 15.1. The van der Waals surface area contributed by atoms with Gasteiger partial charge in [0.25, 0.3) is 5.91 Å². The Labute approximate surface area is 124 Å². The molecule has 0 aliphatic rings. The van der Waals surface area contributed by atoms with E-state index in [-0.39, 0.29) is 18.6 Å².